The molecule has 0 atom stereocenters. The third-order valence-corrected chi connectivity index (χ3v) is 5.96. The van der Waals surface area contributed by atoms with Crippen LogP contribution in [0.4, 0.5) is 8.78 Å². The summed E-state index contributed by atoms with van der Waals surface area (Å²) in [5.74, 6) is -3.13. The van der Waals surface area contributed by atoms with Gasteiger partial charge in [-0.05, 0) is 43.7 Å². The first-order valence-electron chi connectivity index (χ1n) is 11.6. The maximum Gasteiger partial charge on any atom is 0.351 e. The summed E-state index contributed by atoms with van der Waals surface area (Å²) in [5.41, 5.74) is -2.22. The van der Waals surface area contributed by atoms with E-state index in [0.29, 0.717) is 11.6 Å². The molecule has 39 heavy (non-hydrogen) atoms. The molecule has 2 aromatic carbocycles. The molecule has 0 aliphatic carbocycles. The summed E-state index contributed by atoms with van der Waals surface area (Å²) in [7, 11) is 0. The Labute approximate surface area is 224 Å². The quantitative estimate of drug-likeness (QED) is 0.367. The van der Waals surface area contributed by atoms with Gasteiger partial charge in [-0.2, -0.15) is 4.98 Å². The van der Waals surface area contributed by atoms with E-state index in [0.717, 1.165) is 19.8 Å². The molecule has 0 saturated carbocycles. The maximum atomic E-state index is 13.9. The van der Waals surface area contributed by atoms with Gasteiger partial charge in [0.05, 0.1) is 29.6 Å². The number of carbonyl (C=O) groups is 2. The van der Waals surface area contributed by atoms with Crippen LogP contribution in [0.15, 0.2) is 52.2 Å². The van der Waals surface area contributed by atoms with Crippen molar-refractivity contribution in [3.63, 3.8) is 0 Å². The number of halogens is 3. The molecule has 13 heteroatoms. The molecule has 1 N–H and O–H groups in total. The van der Waals surface area contributed by atoms with Crippen LogP contribution >= 0.6 is 11.6 Å². The number of benzene rings is 2. The van der Waals surface area contributed by atoms with E-state index in [4.69, 9.17) is 16.3 Å². The summed E-state index contributed by atoms with van der Waals surface area (Å²) in [6.07, 6.45) is 0.876. The average Bonchev–Trinajstić information content (AvgIpc) is 3.11. The fourth-order valence-corrected chi connectivity index (χ4v) is 4.20. The lowest BCUT2D eigenvalue weighted by molar-refractivity contribution is 0.0530. The summed E-state index contributed by atoms with van der Waals surface area (Å²) in [4.78, 5) is 54.4. The Balaban J connectivity index is 1.66. The van der Waals surface area contributed by atoms with E-state index in [1.807, 2.05) is 0 Å². The summed E-state index contributed by atoms with van der Waals surface area (Å²) in [5, 5.41) is 10.0. The third kappa shape index (κ3) is 5.96. The van der Waals surface area contributed by atoms with Gasteiger partial charge in [-0.1, -0.05) is 17.7 Å². The van der Waals surface area contributed by atoms with Gasteiger partial charge in [0.25, 0.3) is 0 Å². The first-order valence-corrected chi connectivity index (χ1v) is 12.0. The lowest BCUT2D eigenvalue weighted by Crippen LogP contribution is -2.35. The minimum absolute atomic E-state index is 0.0365. The molecule has 0 saturated heterocycles. The predicted molar refractivity (Wildman–Crippen MR) is 137 cm³/mol. The number of ether oxygens (including phenoxy) is 1. The number of hydrogen-bond donors (Lipinski definition) is 1. The van der Waals surface area contributed by atoms with Gasteiger partial charge in [-0.3, -0.25) is 14.2 Å². The van der Waals surface area contributed by atoms with Gasteiger partial charge >= 0.3 is 11.4 Å². The fourth-order valence-electron chi connectivity index (χ4n) is 3.98. The van der Waals surface area contributed by atoms with Crippen LogP contribution in [-0.4, -0.2) is 41.2 Å². The summed E-state index contributed by atoms with van der Waals surface area (Å²) >= 11 is 6.23. The van der Waals surface area contributed by atoms with Crippen LogP contribution in [0.2, 0.25) is 5.02 Å². The smallest absolute Gasteiger partial charge is 0.351 e. The molecule has 204 valence electrons. The van der Waals surface area contributed by atoms with Crippen molar-refractivity contribution in [3.8, 4) is 5.88 Å². The van der Waals surface area contributed by atoms with Gasteiger partial charge < -0.3 is 9.84 Å². The van der Waals surface area contributed by atoms with Crippen LogP contribution in [0.3, 0.4) is 0 Å². The lowest BCUT2D eigenvalue weighted by Gasteiger charge is -2.15. The van der Waals surface area contributed by atoms with Gasteiger partial charge in [0.2, 0.25) is 17.7 Å². The molecule has 0 bridgehead atoms. The van der Waals surface area contributed by atoms with Crippen molar-refractivity contribution in [1.29, 1.82) is 0 Å². The largest absolute Gasteiger partial charge is 0.471 e. The highest BCUT2D eigenvalue weighted by Crippen LogP contribution is 2.23. The number of carbonyl (C=O) groups excluding carboxylic acids is 2. The molecule has 2 aromatic heterocycles. The molecule has 0 radical (unpaired) electrons. The normalized spacial score (nSPS) is 11.7. The zero-order valence-electron chi connectivity index (χ0n) is 21.1. The number of aromatic nitrogens is 4. The number of nitrogens with zero attached hydrogens (tertiary/aromatic N) is 4. The number of hydrogen-bond acceptors (Lipinski definition) is 7. The van der Waals surface area contributed by atoms with E-state index in [1.165, 1.54) is 45.2 Å². The topological polar surface area (TPSA) is 125 Å². The molecular formula is C26H23ClF2N4O6. The highest BCUT2D eigenvalue weighted by Gasteiger charge is 2.25. The van der Waals surface area contributed by atoms with E-state index >= 15 is 0 Å². The Morgan fingerprint density at radius 1 is 1.08 bits per heavy atom. The Bertz CT molecular complexity index is 1740. The molecule has 0 aliphatic heterocycles. The van der Waals surface area contributed by atoms with Gasteiger partial charge in [-0.15, -0.1) is 0 Å². The molecule has 10 nitrogen and oxygen atoms in total. The Hall–Kier alpha value is -4.16. The van der Waals surface area contributed by atoms with Gasteiger partial charge in [0.1, 0.15) is 23.3 Å². The van der Waals surface area contributed by atoms with Gasteiger partial charge in [0, 0.05) is 24.8 Å². The van der Waals surface area contributed by atoms with Gasteiger partial charge in [0.15, 0.2) is 0 Å². The van der Waals surface area contributed by atoms with Crippen molar-refractivity contribution in [3.05, 3.63) is 91.3 Å². The van der Waals surface area contributed by atoms with E-state index in [9.17, 15) is 33.1 Å². The summed E-state index contributed by atoms with van der Waals surface area (Å²) < 4.78 is 35.1. The maximum absolute atomic E-state index is 13.9. The molecule has 0 fully saturated rings. The van der Waals surface area contributed by atoms with Crippen LogP contribution in [0.5, 0.6) is 5.88 Å². The van der Waals surface area contributed by atoms with E-state index in [-0.39, 0.29) is 47.1 Å². The van der Waals surface area contributed by atoms with Crippen molar-refractivity contribution in [1.82, 2.24) is 18.7 Å². The molecule has 4 aromatic rings. The van der Waals surface area contributed by atoms with E-state index in [2.05, 4.69) is 4.98 Å². The van der Waals surface area contributed by atoms with E-state index in [1.54, 1.807) is 6.07 Å². The summed E-state index contributed by atoms with van der Waals surface area (Å²) in [6, 6.07) is 7.46. The van der Waals surface area contributed by atoms with Crippen molar-refractivity contribution in [2.24, 2.45) is 0 Å². The van der Waals surface area contributed by atoms with Crippen LogP contribution in [-0.2, 0) is 13.2 Å². The number of rotatable bonds is 7. The second-order valence-corrected chi connectivity index (χ2v) is 9.91. The lowest BCUT2D eigenvalue weighted by atomic mass is 10.1. The molecule has 0 amide bonds. The molecule has 0 aliphatic rings. The molecule has 2 heterocycles. The van der Waals surface area contributed by atoms with Crippen molar-refractivity contribution in [2.75, 3.05) is 0 Å². The molecule has 0 spiro atoms. The first kappa shape index (κ1) is 27.9. The van der Waals surface area contributed by atoms with Crippen LogP contribution in [0.25, 0.3) is 11.0 Å². The summed E-state index contributed by atoms with van der Waals surface area (Å²) in [6.45, 7) is 3.59. The van der Waals surface area contributed by atoms with Crippen LogP contribution in [0.1, 0.15) is 47.9 Å². The molecule has 0 unspecified atom stereocenters. The minimum Gasteiger partial charge on any atom is -0.471 e. The average molecular weight is 561 g/mol. The highest BCUT2D eigenvalue weighted by atomic mass is 35.5. The highest BCUT2D eigenvalue weighted by molar-refractivity contribution is 6.31. The Morgan fingerprint density at radius 3 is 2.44 bits per heavy atom. The second kappa shape index (κ2) is 10.5. The standard InChI is InChI=1S/C26H23ClF2N4O6/c1-14(34)32-20-7-4-15(8-21(20)33(25(32)37)22(35)10-26(2,3)38)11-31-12-18(27)23(30-24(31)36)39-13-16-5-6-17(28)9-19(16)29/h4-9,12,38H,10-11,13H2,1-3H3. The number of aliphatic hydroxyl groups is 1. The monoisotopic (exact) mass is 560 g/mol. The Morgan fingerprint density at radius 2 is 1.79 bits per heavy atom. The predicted octanol–water partition coefficient (Wildman–Crippen LogP) is 3.38. The van der Waals surface area contributed by atoms with Crippen molar-refractivity contribution >= 4 is 34.4 Å². The van der Waals surface area contributed by atoms with Gasteiger partial charge in [-0.25, -0.2) is 27.5 Å². The van der Waals surface area contributed by atoms with Crippen LogP contribution < -0.4 is 16.1 Å². The zero-order valence-corrected chi connectivity index (χ0v) is 21.8. The van der Waals surface area contributed by atoms with Crippen molar-refractivity contribution < 1.29 is 28.2 Å². The number of imidazole rings is 1. The second-order valence-electron chi connectivity index (χ2n) is 9.51. The minimum atomic E-state index is -1.40. The van der Waals surface area contributed by atoms with E-state index < -0.39 is 40.4 Å². The fraction of sp³-hybridized carbons (Fsp3) is 0.269. The molecular weight excluding hydrogens is 538 g/mol. The number of fused-ring (bicyclic) bond motifs is 1. The SMILES string of the molecule is CC(=O)n1c(=O)n(C(=O)CC(C)(C)O)c2cc(Cn3cc(Cl)c(OCc4ccc(F)cc4F)nc3=O)ccc21. The van der Waals surface area contributed by atoms with Crippen molar-refractivity contribution in [2.45, 2.75) is 45.9 Å². The third-order valence-electron chi connectivity index (χ3n) is 5.70. The molecule has 4 rings (SSSR count). The van der Waals surface area contributed by atoms with Crippen LogP contribution in [0, 0.1) is 11.6 Å². The Kier molecular flexibility index (Phi) is 7.53. The first-order chi connectivity index (χ1) is 18.2. The zero-order chi connectivity index (χ0) is 28.6.